The summed E-state index contributed by atoms with van der Waals surface area (Å²) < 4.78 is 6.69. The molecule has 0 saturated carbocycles. The Morgan fingerprint density at radius 2 is 1.86 bits per heavy atom. The Hall–Kier alpha value is -2.22. The van der Waals surface area contributed by atoms with Crippen molar-refractivity contribution in [3.63, 3.8) is 0 Å². The first kappa shape index (κ1) is 21.5. The number of thioether (sulfide) groups is 1. The number of rotatable bonds is 7. The van der Waals surface area contributed by atoms with Gasteiger partial charge in [0.15, 0.2) is 0 Å². The second-order valence-corrected chi connectivity index (χ2v) is 8.75. The average molecular weight is 488 g/mol. The summed E-state index contributed by atoms with van der Waals surface area (Å²) in [6, 6.07) is 17.4. The van der Waals surface area contributed by atoms with E-state index >= 15 is 0 Å². The molecule has 0 bridgehead atoms. The summed E-state index contributed by atoms with van der Waals surface area (Å²) in [7, 11) is 0. The van der Waals surface area contributed by atoms with Gasteiger partial charge in [-0.15, -0.1) is 0 Å². The molecule has 1 aliphatic heterocycles. The van der Waals surface area contributed by atoms with Gasteiger partial charge >= 0.3 is 5.97 Å². The van der Waals surface area contributed by atoms with E-state index in [-0.39, 0.29) is 31.4 Å². The molecule has 0 spiro atoms. The largest absolute Gasteiger partial charge is 0.461 e. The summed E-state index contributed by atoms with van der Waals surface area (Å²) in [6.45, 7) is 0.415. The molecule has 2 aromatic carbocycles. The number of esters is 1. The highest BCUT2D eigenvalue weighted by atomic mass is 79.9. The Bertz CT molecular complexity index is 956. The van der Waals surface area contributed by atoms with Crippen molar-refractivity contribution < 1.29 is 14.3 Å². The minimum absolute atomic E-state index is 0.0934. The number of benzene rings is 2. The molecule has 1 amide bonds. The number of hydrogen-bond donors (Lipinski definition) is 0. The van der Waals surface area contributed by atoms with Gasteiger partial charge in [0, 0.05) is 11.0 Å². The van der Waals surface area contributed by atoms with Gasteiger partial charge in [0.2, 0.25) is 0 Å². The van der Waals surface area contributed by atoms with Crippen molar-refractivity contribution >= 4 is 62.2 Å². The van der Waals surface area contributed by atoms with E-state index in [9.17, 15) is 9.59 Å². The third-order valence-corrected chi connectivity index (χ3v) is 5.99. The minimum Gasteiger partial charge on any atom is -0.461 e. The highest BCUT2D eigenvalue weighted by Gasteiger charge is 2.31. The van der Waals surface area contributed by atoms with Gasteiger partial charge in [-0.25, -0.2) is 0 Å². The maximum absolute atomic E-state index is 12.5. The molecule has 0 N–H and O–H groups in total. The molecule has 148 valence electrons. The first-order chi connectivity index (χ1) is 14.0. The molecule has 2 aromatic rings. The van der Waals surface area contributed by atoms with Gasteiger partial charge in [0.1, 0.15) is 10.9 Å². The van der Waals surface area contributed by atoms with E-state index in [4.69, 9.17) is 17.0 Å². The van der Waals surface area contributed by atoms with Crippen LogP contribution < -0.4 is 0 Å². The van der Waals surface area contributed by atoms with Crippen LogP contribution in [0.4, 0.5) is 0 Å². The maximum Gasteiger partial charge on any atom is 0.307 e. The predicted molar refractivity (Wildman–Crippen MR) is 124 cm³/mol. The van der Waals surface area contributed by atoms with Crippen LogP contribution in [-0.4, -0.2) is 27.6 Å². The molecule has 1 saturated heterocycles. The summed E-state index contributed by atoms with van der Waals surface area (Å²) in [5.74, 6) is -0.548. The molecule has 3 rings (SSSR count). The Kier molecular flexibility index (Phi) is 7.80. The van der Waals surface area contributed by atoms with Gasteiger partial charge < -0.3 is 4.74 Å². The SMILES string of the molecule is O=C(CCN1C(=O)/C(=C\C=C\c2ccccc2)SC1=S)OCc1ccc(Br)cc1. The van der Waals surface area contributed by atoms with Crippen LogP contribution in [-0.2, 0) is 20.9 Å². The summed E-state index contributed by atoms with van der Waals surface area (Å²) >= 11 is 9.90. The zero-order valence-corrected chi connectivity index (χ0v) is 18.6. The molecule has 0 aromatic heterocycles. The van der Waals surface area contributed by atoms with Crippen molar-refractivity contribution in [2.75, 3.05) is 6.54 Å². The van der Waals surface area contributed by atoms with Crippen LogP contribution in [0.2, 0.25) is 0 Å². The molecule has 0 unspecified atom stereocenters. The molecule has 4 nitrogen and oxygen atoms in total. The molecular weight excluding hydrogens is 470 g/mol. The Morgan fingerprint density at radius 1 is 1.14 bits per heavy atom. The first-order valence-electron chi connectivity index (χ1n) is 8.90. The van der Waals surface area contributed by atoms with Crippen LogP contribution in [0.3, 0.4) is 0 Å². The molecule has 1 aliphatic rings. The number of allylic oxidation sites excluding steroid dienone is 2. The van der Waals surface area contributed by atoms with Crippen LogP contribution in [0.1, 0.15) is 17.5 Å². The lowest BCUT2D eigenvalue weighted by Crippen LogP contribution is -2.30. The highest BCUT2D eigenvalue weighted by molar-refractivity contribution is 9.10. The summed E-state index contributed by atoms with van der Waals surface area (Å²) in [4.78, 5) is 26.6. The van der Waals surface area contributed by atoms with Crippen LogP contribution in [0, 0.1) is 0 Å². The number of halogens is 1. The topological polar surface area (TPSA) is 46.6 Å². The van der Waals surface area contributed by atoms with Crippen LogP contribution in [0.5, 0.6) is 0 Å². The van der Waals surface area contributed by atoms with Crippen molar-refractivity contribution in [1.29, 1.82) is 0 Å². The molecule has 1 fully saturated rings. The number of carbonyl (C=O) groups excluding carboxylic acids is 2. The number of hydrogen-bond acceptors (Lipinski definition) is 5. The standard InChI is InChI=1S/C22H18BrNO3S2/c23-18-11-9-17(10-12-18)15-27-20(25)13-14-24-21(26)19(29-22(24)28)8-4-7-16-5-2-1-3-6-16/h1-12H,13-15H2/b7-4+,19-8+. The van der Waals surface area contributed by atoms with Crippen molar-refractivity contribution in [3.8, 4) is 0 Å². The van der Waals surface area contributed by atoms with Gasteiger partial charge in [-0.3, -0.25) is 14.5 Å². The first-order valence-corrected chi connectivity index (χ1v) is 10.9. The van der Waals surface area contributed by atoms with Crippen molar-refractivity contribution in [2.45, 2.75) is 13.0 Å². The third kappa shape index (κ3) is 6.39. The van der Waals surface area contributed by atoms with Crippen molar-refractivity contribution in [2.24, 2.45) is 0 Å². The van der Waals surface area contributed by atoms with Crippen LogP contribution in [0.25, 0.3) is 6.08 Å². The molecule has 7 heteroatoms. The average Bonchev–Trinajstić information content (AvgIpc) is 2.99. The minimum atomic E-state index is -0.366. The summed E-state index contributed by atoms with van der Waals surface area (Å²) in [6.07, 6.45) is 5.59. The summed E-state index contributed by atoms with van der Waals surface area (Å²) in [5, 5.41) is 0. The number of nitrogens with zero attached hydrogens (tertiary/aromatic N) is 1. The van der Waals surface area contributed by atoms with Gasteiger partial charge in [-0.05, 0) is 29.3 Å². The molecule has 0 atom stereocenters. The van der Waals surface area contributed by atoms with Crippen molar-refractivity contribution in [3.05, 3.63) is 87.3 Å². The Morgan fingerprint density at radius 3 is 2.59 bits per heavy atom. The molecular formula is C22H18BrNO3S2. The van der Waals surface area contributed by atoms with Crippen LogP contribution >= 0.6 is 39.9 Å². The van der Waals surface area contributed by atoms with Gasteiger partial charge in [0.25, 0.3) is 5.91 Å². The predicted octanol–water partition coefficient (Wildman–Crippen LogP) is 5.34. The lowest BCUT2D eigenvalue weighted by atomic mass is 10.2. The van der Waals surface area contributed by atoms with E-state index in [0.717, 1.165) is 15.6 Å². The number of thiocarbonyl (C=S) groups is 1. The van der Waals surface area contributed by atoms with Gasteiger partial charge in [-0.1, -0.05) is 94.5 Å². The summed E-state index contributed by atoms with van der Waals surface area (Å²) in [5.41, 5.74) is 1.95. The van der Waals surface area contributed by atoms with E-state index < -0.39 is 0 Å². The zero-order valence-electron chi connectivity index (χ0n) is 15.4. The van der Waals surface area contributed by atoms with E-state index in [1.54, 1.807) is 6.08 Å². The zero-order chi connectivity index (χ0) is 20.6. The molecule has 1 heterocycles. The maximum atomic E-state index is 12.5. The fourth-order valence-electron chi connectivity index (χ4n) is 2.54. The van der Waals surface area contributed by atoms with E-state index in [1.165, 1.54) is 16.7 Å². The highest BCUT2D eigenvalue weighted by Crippen LogP contribution is 2.31. The Balaban J connectivity index is 1.49. The third-order valence-electron chi connectivity index (χ3n) is 4.06. The lowest BCUT2D eigenvalue weighted by molar-refractivity contribution is -0.145. The lowest BCUT2D eigenvalue weighted by Gasteiger charge is -2.13. The molecule has 0 radical (unpaired) electrons. The second-order valence-electron chi connectivity index (χ2n) is 6.16. The van der Waals surface area contributed by atoms with E-state index in [2.05, 4.69) is 15.9 Å². The fraction of sp³-hybridized carbons (Fsp3) is 0.136. The van der Waals surface area contributed by atoms with Crippen LogP contribution in [0.15, 0.2) is 76.1 Å². The normalized spacial score (nSPS) is 15.5. The fourth-order valence-corrected chi connectivity index (χ4v) is 4.06. The number of amides is 1. The monoisotopic (exact) mass is 487 g/mol. The molecule has 29 heavy (non-hydrogen) atoms. The van der Waals surface area contributed by atoms with Gasteiger partial charge in [0.05, 0.1) is 11.3 Å². The van der Waals surface area contributed by atoms with Gasteiger partial charge in [-0.2, -0.15) is 0 Å². The van der Waals surface area contributed by atoms with E-state index in [1.807, 2.05) is 66.7 Å². The molecule has 0 aliphatic carbocycles. The van der Waals surface area contributed by atoms with E-state index in [0.29, 0.717) is 9.23 Å². The number of carbonyl (C=O) groups is 2. The van der Waals surface area contributed by atoms with Crippen molar-refractivity contribution in [1.82, 2.24) is 4.90 Å². The quantitative estimate of drug-likeness (QED) is 0.299. The smallest absolute Gasteiger partial charge is 0.307 e. The number of ether oxygens (including phenoxy) is 1. The second kappa shape index (κ2) is 10.5. The Labute approximate surface area is 187 Å².